The minimum Gasteiger partial charge on any atom is -0.370 e. The highest BCUT2D eigenvalue weighted by Gasteiger charge is 2.44. The molecule has 1 atom stereocenters. The zero-order chi connectivity index (χ0) is 40.9. The molecule has 3 aromatic heterocycles. The second-order valence-electron chi connectivity index (χ2n) is 16.5. The Balaban J connectivity index is 0.776. The van der Waals surface area contributed by atoms with Crippen molar-refractivity contribution in [2.45, 2.75) is 89.9 Å². The number of imide groups is 2. The van der Waals surface area contributed by atoms with Crippen LogP contribution in [0.15, 0.2) is 47.5 Å². The smallest absolute Gasteiger partial charge is 0.263 e. The number of pyridine rings is 2. The fourth-order valence-corrected chi connectivity index (χ4v) is 9.72. The number of aromatic nitrogens is 4. The molecule has 4 amide bonds. The van der Waals surface area contributed by atoms with Gasteiger partial charge in [0.2, 0.25) is 17.8 Å². The molecule has 306 valence electrons. The first-order valence-electron chi connectivity index (χ1n) is 20.8. The number of aryl methyl sites for hydroxylation is 1. The van der Waals surface area contributed by atoms with Crippen LogP contribution >= 0.6 is 0 Å². The van der Waals surface area contributed by atoms with E-state index in [0.29, 0.717) is 52.1 Å². The zero-order valence-electron chi connectivity index (χ0n) is 33.4. The molecular formula is C43H48N10O6. The van der Waals surface area contributed by atoms with E-state index >= 15 is 0 Å². The summed E-state index contributed by atoms with van der Waals surface area (Å²) in [5.74, 6) is -1.27. The Morgan fingerprint density at radius 3 is 2.27 bits per heavy atom. The summed E-state index contributed by atoms with van der Waals surface area (Å²) in [6.45, 7) is 9.41. The van der Waals surface area contributed by atoms with Gasteiger partial charge in [-0.15, -0.1) is 0 Å². The summed E-state index contributed by atoms with van der Waals surface area (Å²) < 4.78 is 1.71. The minimum atomic E-state index is -0.971. The topological polar surface area (TPSA) is 183 Å². The van der Waals surface area contributed by atoms with E-state index in [1.807, 2.05) is 18.3 Å². The Morgan fingerprint density at radius 2 is 1.58 bits per heavy atom. The maximum Gasteiger partial charge on any atom is 0.263 e. The fourth-order valence-electron chi connectivity index (χ4n) is 9.72. The van der Waals surface area contributed by atoms with Gasteiger partial charge in [0.1, 0.15) is 17.5 Å². The number of carbonyl (C=O) groups excluding carboxylic acids is 5. The summed E-state index contributed by atoms with van der Waals surface area (Å²) in [6.07, 6.45) is 9.72. The summed E-state index contributed by atoms with van der Waals surface area (Å²) in [7, 11) is 0. The van der Waals surface area contributed by atoms with Crippen LogP contribution in [0.5, 0.6) is 0 Å². The Hall–Kier alpha value is -5.87. The molecule has 7 heterocycles. The number of Topliss-reactive ketones (excluding diaryl/α,β-unsaturated/α-hetero) is 1. The summed E-state index contributed by atoms with van der Waals surface area (Å²) in [4.78, 5) is 98.9. The number of fused-ring (bicyclic) bond motifs is 2. The number of nitrogens with one attached hydrogen (secondary N) is 2. The van der Waals surface area contributed by atoms with E-state index in [2.05, 4.69) is 41.4 Å². The number of hydrogen-bond donors (Lipinski definition) is 2. The summed E-state index contributed by atoms with van der Waals surface area (Å²) >= 11 is 0. The van der Waals surface area contributed by atoms with Gasteiger partial charge >= 0.3 is 0 Å². The summed E-state index contributed by atoms with van der Waals surface area (Å²) in [6, 6.07) is 8.86. The van der Waals surface area contributed by atoms with Crippen LogP contribution in [0.2, 0.25) is 0 Å². The van der Waals surface area contributed by atoms with Crippen molar-refractivity contribution in [3.8, 4) is 0 Å². The number of piperazine rings is 1. The number of nitrogens with zero attached hydrogens (tertiary/aromatic N) is 8. The molecule has 59 heavy (non-hydrogen) atoms. The molecule has 16 nitrogen and oxygen atoms in total. The van der Waals surface area contributed by atoms with E-state index in [1.165, 1.54) is 6.92 Å². The molecule has 4 aliphatic heterocycles. The second kappa shape index (κ2) is 15.7. The van der Waals surface area contributed by atoms with Crippen molar-refractivity contribution in [2.24, 2.45) is 0 Å². The van der Waals surface area contributed by atoms with Crippen LogP contribution < -0.4 is 21.1 Å². The fraction of sp³-hybridized carbons (Fsp3) is 0.465. The first kappa shape index (κ1) is 38.6. The number of benzene rings is 1. The highest BCUT2D eigenvalue weighted by Crippen LogP contribution is 2.33. The molecule has 0 radical (unpaired) electrons. The molecule has 1 unspecified atom stereocenters. The van der Waals surface area contributed by atoms with Crippen LogP contribution in [0.3, 0.4) is 0 Å². The molecule has 3 saturated heterocycles. The highest BCUT2D eigenvalue weighted by molar-refractivity contribution is 6.23. The van der Waals surface area contributed by atoms with E-state index in [0.717, 1.165) is 93.9 Å². The monoisotopic (exact) mass is 800 g/mol. The van der Waals surface area contributed by atoms with Gasteiger partial charge in [0.25, 0.3) is 17.4 Å². The number of anilines is 3. The van der Waals surface area contributed by atoms with Crippen LogP contribution in [-0.2, 0) is 16.1 Å². The molecule has 16 heteroatoms. The maximum absolute atomic E-state index is 13.6. The van der Waals surface area contributed by atoms with E-state index in [9.17, 15) is 28.8 Å². The molecule has 4 aromatic rings. The van der Waals surface area contributed by atoms with Crippen LogP contribution in [0.1, 0.15) is 107 Å². The number of hydrogen-bond acceptors (Lipinski definition) is 13. The number of carbonyl (C=O) groups is 5. The number of amides is 4. The van der Waals surface area contributed by atoms with Crippen LogP contribution in [0.4, 0.5) is 17.5 Å². The van der Waals surface area contributed by atoms with Crippen molar-refractivity contribution >= 4 is 57.9 Å². The third-order valence-corrected chi connectivity index (χ3v) is 12.9. The van der Waals surface area contributed by atoms with E-state index in [1.54, 1.807) is 29.8 Å². The van der Waals surface area contributed by atoms with Gasteiger partial charge in [-0.1, -0.05) is 18.9 Å². The molecule has 0 spiro atoms. The number of rotatable bonds is 9. The van der Waals surface area contributed by atoms with Gasteiger partial charge in [-0.05, 0) is 81.3 Å². The van der Waals surface area contributed by atoms with Crippen molar-refractivity contribution in [1.82, 2.24) is 39.5 Å². The molecule has 5 aliphatic rings. The summed E-state index contributed by atoms with van der Waals surface area (Å²) in [5.41, 5.74) is 3.70. The van der Waals surface area contributed by atoms with Gasteiger partial charge in [0.05, 0.1) is 28.6 Å². The van der Waals surface area contributed by atoms with E-state index in [-0.39, 0.29) is 35.8 Å². The van der Waals surface area contributed by atoms with Crippen molar-refractivity contribution < 1.29 is 24.0 Å². The van der Waals surface area contributed by atoms with Crippen molar-refractivity contribution in [3.63, 3.8) is 0 Å². The van der Waals surface area contributed by atoms with Crippen molar-refractivity contribution in [3.05, 3.63) is 80.9 Å². The lowest BCUT2D eigenvalue weighted by atomic mass is 10.0. The van der Waals surface area contributed by atoms with Crippen molar-refractivity contribution in [1.29, 1.82) is 0 Å². The molecule has 1 aromatic carbocycles. The predicted octanol–water partition coefficient (Wildman–Crippen LogP) is 3.74. The van der Waals surface area contributed by atoms with Gasteiger partial charge in [-0.25, -0.2) is 9.97 Å². The SMILES string of the molecule is CC(=O)c1c(C)c2cnc(Nc3ccc(N4CCC(N5CCN(Cc6ccc7c(c6)C(=O)N(C6CCC(=O)NC6=O)C7=O)CC5)CC4)cn3)nc2n(C2CCCC2)c1=O. The van der Waals surface area contributed by atoms with Gasteiger partial charge in [0.15, 0.2) is 5.78 Å². The van der Waals surface area contributed by atoms with Gasteiger partial charge in [-0.3, -0.25) is 53.4 Å². The third kappa shape index (κ3) is 7.28. The molecule has 1 aliphatic carbocycles. The van der Waals surface area contributed by atoms with E-state index < -0.39 is 29.7 Å². The average Bonchev–Trinajstić information content (AvgIpc) is 3.84. The lowest BCUT2D eigenvalue weighted by Gasteiger charge is -2.43. The normalized spacial score (nSPS) is 21.1. The molecule has 0 bridgehead atoms. The Bertz CT molecular complexity index is 2430. The Kier molecular flexibility index (Phi) is 10.3. The first-order valence-corrected chi connectivity index (χ1v) is 20.8. The largest absolute Gasteiger partial charge is 0.370 e. The quantitative estimate of drug-likeness (QED) is 0.185. The predicted molar refractivity (Wildman–Crippen MR) is 219 cm³/mol. The molecule has 9 rings (SSSR count). The molecular weight excluding hydrogens is 753 g/mol. The minimum absolute atomic E-state index is 0.00629. The lowest BCUT2D eigenvalue weighted by Crippen LogP contribution is -2.54. The molecule has 4 fully saturated rings. The number of piperidine rings is 2. The van der Waals surface area contributed by atoms with Gasteiger partial charge < -0.3 is 10.2 Å². The third-order valence-electron chi connectivity index (χ3n) is 12.9. The van der Waals surface area contributed by atoms with E-state index in [4.69, 9.17) is 4.98 Å². The second-order valence-corrected chi connectivity index (χ2v) is 16.5. The highest BCUT2D eigenvalue weighted by atomic mass is 16.2. The van der Waals surface area contributed by atoms with Crippen LogP contribution in [-0.4, -0.2) is 115 Å². The first-order chi connectivity index (χ1) is 28.5. The Morgan fingerprint density at radius 1 is 0.831 bits per heavy atom. The number of ketones is 1. The summed E-state index contributed by atoms with van der Waals surface area (Å²) in [5, 5.41) is 6.17. The Labute approximate surface area is 341 Å². The van der Waals surface area contributed by atoms with Crippen molar-refractivity contribution in [2.75, 3.05) is 49.5 Å². The maximum atomic E-state index is 13.6. The van der Waals surface area contributed by atoms with Gasteiger partial charge in [-0.2, -0.15) is 4.98 Å². The average molecular weight is 801 g/mol. The molecule has 1 saturated carbocycles. The molecule has 2 N–H and O–H groups in total. The van der Waals surface area contributed by atoms with Crippen LogP contribution in [0.25, 0.3) is 11.0 Å². The van der Waals surface area contributed by atoms with Gasteiger partial charge in [0, 0.05) is 75.9 Å². The lowest BCUT2D eigenvalue weighted by molar-refractivity contribution is -0.136. The standard InChI is InChI=1S/C43H48N10O6/c1-25-33-23-45-43(48-38(33)52(29-5-3-4-6-29)42(59)37(25)26(2)54)46-35-11-8-30(22-44-35)50-15-13-28(14-16-50)51-19-17-49(18-20-51)24-27-7-9-31-32(21-27)41(58)53(40(31)57)34-10-12-36(55)47-39(34)56/h7-9,11,21-23,28-29,34H,3-6,10,12-20,24H2,1-2H3,(H,47,55,56)(H,44,45,46,48). The zero-order valence-corrected chi connectivity index (χ0v) is 33.4. The van der Waals surface area contributed by atoms with Crippen LogP contribution in [0, 0.1) is 6.92 Å².